The van der Waals surface area contributed by atoms with E-state index in [-0.39, 0.29) is 24.0 Å². The average Bonchev–Trinajstić information content (AvgIpc) is 3.15. The minimum Gasteiger partial charge on any atom is -0.374 e. The zero-order chi connectivity index (χ0) is 14.2. The van der Waals surface area contributed by atoms with E-state index in [4.69, 9.17) is 4.74 Å². The number of nitrogens with one attached hydrogen (secondary N) is 2. The summed E-state index contributed by atoms with van der Waals surface area (Å²) >= 11 is 0. The van der Waals surface area contributed by atoms with Crippen LogP contribution in [-0.2, 0) is 16.0 Å². The molecule has 3 heterocycles. The molecule has 3 aliphatic rings. The lowest BCUT2D eigenvalue weighted by Gasteiger charge is -2.28. The summed E-state index contributed by atoms with van der Waals surface area (Å²) in [5.41, 5.74) is 2.73. The van der Waals surface area contributed by atoms with Crippen LogP contribution in [0.15, 0.2) is 24.3 Å². The number of amides is 1. The van der Waals surface area contributed by atoms with Crippen LogP contribution < -0.4 is 10.6 Å². The highest BCUT2D eigenvalue weighted by atomic mass is 16.5. The molecule has 2 saturated heterocycles. The average molecular weight is 286 g/mol. The molecule has 21 heavy (non-hydrogen) atoms. The molecule has 4 atom stereocenters. The first kappa shape index (κ1) is 13.3. The monoisotopic (exact) mass is 286 g/mol. The van der Waals surface area contributed by atoms with E-state index >= 15 is 0 Å². The lowest BCUT2D eigenvalue weighted by molar-refractivity contribution is -0.126. The fraction of sp³-hybridized carbons (Fsp3) is 0.588. The van der Waals surface area contributed by atoms with E-state index in [1.807, 2.05) is 0 Å². The Morgan fingerprint density at radius 3 is 3.05 bits per heavy atom. The van der Waals surface area contributed by atoms with Crippen LogP contribution in [0.4, 0.5) is 0 Å². The summed E-state index contributed by atoms with van der Waals surface area (Å²) in [7, 11) is 0. The van der Waals surface area contributed by atoms with E-state index in [0.29, 0.717) is 12.6 Å². The van der Waals surface area contributed by atoms with Crippen molar-refractivity contribution in [1.82, 2.24) is 10.6 Å². The first-order valence-corrected chi connectivity index (χ1v) is 8.05. The van der Waals surface area contributed by atoms with Gasteiger partial charge in [-0.05, 0) is 43.4 Å². The second-order valence-corrected chi connectivity index (χ2v) is 6.42. The van der Waals surface area contributed by atoms with Crippen LogP contribution in [0.25, 0.3) is 0 Å². The van der Waals surface area contributed by atoms with E-state index < -0.39 is 0 Å². The van der Waals surface area contributed by atoms with E-state index in [9.17, 15) is 4.79 Å². The summed E-state index contributed by atoms with van der Waals surface area (Å²) in [6, 6.07) is 8.75. The highest BCUT2D eigenvalue weighted by molar-refractivity contribution is 5.79. The highest BCUT2D eigenvalue weighted by Gasteiger charge is 2.44. The van der Waals surface area contributed by atoms with E-state index in [2.05, 4.69) is 34.9 Å². The maximum absolute atomic E-state index is 12.4. The van der Waals surface area contributed by atoms with Gasteiger partial charge >= 0.3 is 0 Å². The Labute approximate surface area is 125 Å². The number of hydrogen-bond donors (Lipinski definition) is 2. The molecule has 4 nitrogen and oxygen atoms in total. The van der Waals surface area contributed by atoms with Crippen molar-refractivity contribution in [3.05, 3.63) is 35.4 Å². The van der Waals surface area contributed by atoms with Crippen LogP contribution in [0.1, 0.15) is 36.4 Å². The third-order valence-corrected chi connectivity index (χ3v) is 5.14. The Kier molecular flexibility index (Phi) is 3.43. The minimum atomic E-state index is 0.0718. The molecule has 0 radical (unpaired) electrons. The summed E-state index contributed by atoms with van der Waals surface area (Å²) in [6.45, 7) is 1.65. The van der Waals surface area contributed by atoms with Gasteiger partial charge in [0, 0.05) is 12.6 Å². The molecule has 1 aromatic rings. The van der Waals surface area contributed by atoms with Crippen molar-refractivity contribution in [3.8, 4) is 0 Å². The van der Waals surface area contributed by atoms with Gasteiger partial charge in [0.2, 0.25) is 5.91 Å². The third-order valence-electron chi connectivity index (χ3n) is 5.14. The second-order valence-electron chi connectivity index (χ2n) is 6.42. The number of ether oxygens (including phenoxy) is 1. The topological polar surface area (TPSA) is 50.4 Å². The number of hydrogen-bond acceptors (Lipinski definition) is 3. The van der Waals surface area contributed by atoms with Gasteiger partial charge in [-0.15, -0.1) is 0 Å². The molecule has 3 aliphatic heterocycles. The van der Waals surface area contributed by atoms with Crippen molar-refractivity contribution in [2.45, 2.75) is 43.9 Å². The van der Waals surface area contributed by atoms with Gasteiger partial charge in [0.05, 0.1) is 18.1 Å². The van der Waals surface area contributed by atoms with Crippen molar-refractivity contribution >= 4 is 5.91 Å². The van der Waals surface area contributed by atoms with Gasteiger partial charge in [-0.3, -0.25) is 4.79 Å². The van der Waals surface area contributed by atoms with E-state index in [1.165, 1.54) is 11.1 Å². The molecular weight excluding hydrogens is 264 g/mol. The molecule has 4 unspecified atom stereocenters. The fourth-order valence-electron chi connectivity index (χ4n) is 4.02. The Bertz CT molecular complexity index is 545. The molecule has 4 heteroatoms. The smallest absolute Gasteiger partial charge is 0.225 e. The Morgan fingerprint density at radius 2 is 2.24 bits per heavy atom. The zero-order valence-electron chi connectivity index (χ0n) is 12.2. The van der Waals surface area contributed by atoms with Gasteiger partial charge in [-0.25, -0.2) is 0 Å². The minimum absolute atomic E-state index is 0.0718. The predicted molar refractivity (Wildman–Crippen MR) is 79.9 cm³/mol. The van der Waals surface area contributed by atoms with Crippen LogP contribution in [-0.4, -0.2) is 31.2 Å². The largest absolute Gasteiger partial charge is 0.374 e. The molecule has 2 fully saturated rings. The number of fused-ring (bicyclic) bond motifs is 3. The first-order chi connectivity index (χ1) is 10.3. The summed E-state index contributed by atoms with van der Waals surface area (Å²) in [5, 5.41) is 6.65. The molecule has 2 N–H and O–H groups in total. The van der Waals surface area contributed by atoms with Gasteiger partial charge < -0.3 is 15.4 Å². The SMILES string of the molecule is O=C(NCC1NCCc2ccccc21)C1CC2CCC1O2. The summed E-state index contributed by atoms with van der Waals surface area (Å²) in [6.07, 6.45) is 4.66. The standard InChI is InChI=1S/C17H22N2O2/c20-17(14-9-12-5-6-16(14)21-12)19-10-15-13-4-2-1-3-11(13)7-8-18-15/h1-4,12,14-16,18H,5-10H2,(H,19,20). The van der Waals surface area contributed by atoms with Crippen molar-refractivity contribution in [1.29, 1.82) is 0 Å². The van der Waals surface area contributed by atoms with Crippen LogP contribution in [0.2, 0.25) is 0 Å². The highest BCUT2D eigenvalue weighted by Crippen LogP contribution is 2.38. The van der Waals surface area contributed by atoms with Crippen molar-refractivity contribution in [3.63, 3.8) is 0 Å². The van der Waals surface area contributed by atoms with E-state index in [0.717, 1.165) is 32.2 Å². The van der Waals surface area contributed by atoms with Crippen LogP contribution >= 0.6 is 0 Å². The normalized spacial score (nSPS) is 33.7. The molecule has 1 amide bonds. The number of benzene rings is 1. The lowest BCUT2D eigenvalue weighted by Crippen LogP contribution is -2.42. The van der Waals surface area contributed by atoms with Gasteiger partial charge in [-0.2, -0.15) is 0 Å². The van der Waals surface area contributed by atoms with E-state index in [1.54, 1.807) is 0 Å². The van der Waals surface area contributed by atoms with Crippen molar-refractivity contribution in [2.24, 2.45) is 5.92 Å². The first-order valence-electron chi connectivity index (χ1n) is 8.05. The maximum Gasteiger partial charge on any atom is 0.225 e. The number of rotatable bonds is 3. The van der Waals surface area contributed by atoms with Gasteiger partial charge in [0.15, 0.2) is 0 Å². The third kappa shape index (κ3) is 2.47. The van der Waals surface area contributed by atoms with Crippen LogP contribution in [0.3, 0.4) is 0 Å². The van der Waals surface area contributed by atoms with Crippen LogP contribution in [0, 0.1) is 5.92 Å². The molecule has 0 saturated carbocycles. The number of carbonyl (C=O) groups excluding carboxylic acids is 1. The van der Waals surface area contributed by atoms with Gasteiger partial charge in [0.1, 0.15) is 0 Å². The predicted octanol–water partition coefficient (Wildman–Crippen LogP) is 1.56. The van der Waals surface area contributed by atoms with Crippen LogP contribution in [0.5, 0.6) is 0 Å². The quantitative estimate of drug-likeness (QED) is 0.886. The lowest BCUT2D eigenvalue weighted by atomic mass is 9.88. The maximum atomic E-state index is 12.4. The zero-order valence-corrected chi connectivity index (χ0v) is 12.2. The molecule has 0 spiro atoms. The Hall–Kier alpha value is -1.39. The van der Waals surface area contributed by atoms with Crippen molar-refractivity contribution in [2.75, 3.05) is 13.1 Å². The molecule has 0 aliphatic carbocycles. The molecule has 4 rings (SSSR count). The molecule has 0 aromatic heterocycles. The Balaban J connectivity index is 1.38. The molecule has 112 valence electrons. The number of carbonyl (C=O) groups is 1. The fourth-order valence-corrected chi connectivity index (χ4v) is 4.02. The summed E-state index contributed by atoms with van der Waals surface area (Å²) < 4.78 is 5.78. The Morgan fingerprint density at radius 1 is 1.33 bits per heavy atom. The molecular formula is C17H22N2O2. The van der Waals surface area contributed by atoms with Crippen molar-refractivity contribution < 1.29 is 9.53 Å². The molecule has 2 bridgehead atoms. The molecule has 1 aromatic carbocycles. The van der Waals surface area contributed by atoms with Gasteiger partial charge in [-0.1, -0.05) is 24.3 Å². The summed E-state index contributed by atoms with van der Waals surface area (Å²) in [5.74, 6) is 0.245. The summed E-state index contributed by atoms with van der Waals surface area (Å²) in [4.78, 5) is 12.4. The second kappa shape index (κ2) is 5.43. The van der Waals surface area contributed by atoms with Gasteiger partial charge in [0.25, 0.3) is 0 Å².